The van der Waals surface area contributed by atoms with Gasteiger partial charge in [-0.05, 0) is 42.8 Å². The summed E-state index contributed by atoms with van der Waals surface area (Å²) in [5, 5.41) is 5.89. The van der Waals surface area contributed by atoms with Crippen LogP contribution in [0.5, 0.6) is 0 Å². The lowest BCUT2D eigenvalue weighted by Gasteiger charge is -2.10. The third-order valence-electron chi connectivity index (χ3n) is 3.11. The first-order valence-electron chi connectivity index (χ1n) is 7.58. The standard InChI is InChI=1S/C18H18ClN3O2/c1-2-10-21-18(24)15-8-6-13(19)12-16(15)22-17(23)9-7-14-5-3-4-11-20-14/h3-9,11-12H,2,10H2,1H3,(H,21,24)(H,22,23)/b9-7+. The maximum absolute atomic E-state index is 12.2. The SMILES string of the molecule is CCCNC(=O)c1ccc(Cl)cc1NC(=O)/C=C/c1ccccn1. The average molecular weight is 344 g/mol. The van der Waals surface area contributed by atoms with Crippen molar-refractivity contribution in [3.8, 4) is 0 Å². The monoisotopic (exact) mass is 343 g/mol. The fourth-order valence-electron chi connectivity index (χ4n) is 1.96. The molecule has 1 aromatic heterocycles. The van der Waals surface area contributed by atoms with Gasteiger partial charge in [-0.1, -0.05) is 24.6 Å². The molecule has 2 rings (SSSR count). The number of hydrogen-bond acceptors (Lipinski definition) is 3. The average Bonchev–Trinajstić information content (AvgIpc) is 2.59. The largest absolute Gasteiger partial charge is 0.352 e. The Morgan fingerprint density at radius 1 is 1.25 bits per heavy atom. The molecule has 0 aliphatic carbocycles. The highest BCUT2D eigenvalue weighted by Gasteiger charge is 2.12. The zero-order valence-corrected chi connectivity index (χ0v) is 14.0. The van der Waals surface area contributed by atoms with Crippen molar-refractivity contribution in [2.75, 3.05) is 11.9 Å². The molecular weight excluding hydrogens is 326 g/mol. The molecule has 0 radical (unpaired) electrons. The highest BCUT2D eigenvalue weighted by Crippen LogP contribution is 2.21. The summed E-state index contributed by atoms with van der Waals surface area (Å²) < 4.78 is 0. The summed E-state index contributed by atoms with van der Waals surface area (Å²) in [7, 11) is 0. The van der Waals surface area contributed by atoms with E-state index in [1.54, 1.807) is 42.6 Å². The molecule has 1 aromatic carbocycles. The summed E-state index contributed by atoms with van der Waals surface area (Å²) in [4.78, 5) is 28.3. The lowest BCUT2D eigenvalue weighted by molar-refractivity contribution is -0.111. The number of halogens is 1. The van der Waals surface area contributed by atoms with E-state index in [1.165, 1.54) is 6.08 Å². The summed E-state index contributed by atoms with van der Waals surface area (Å²) in [5.41, 5.74) is 1.40. The molecule has 2 N–H and O–H groups in total. The number of aromatic nitrogens is 1. The van der Waals surface area contributed by atoms with Crippen LogP contribution >= 0.6 is 11.6 Å². The molecule has 1 heterocycles. The van der Waals surface area contributed by atoms with Crippen LogP contribution in [0.25, 0.3) is 6.08 Å². The molecule has 2 amide bonds. The van der Waals surface area contributed by atoms with Crippen molar-refractivity contribution in [3.63, 3.8) is 0 Å². The fraction of sp³-hybridized carbons (Fsp3) is 0.167. The highest BCUT2D eigenvalue weighted by atomic mass is 35.5. The summed E-state index contributed by atoms with van der Waals surface area (Å²) >= 11 is 5.97. The van der Waals surface area contributed by atoms with Crippen LogP contribution in [0.1, 0.15) is 29.4 Å². The van der Waals surface area contributed by atoms with Gasteiger partial charge in [0.2, 0.25) is 5.91 Å². The molecule has 6 heteroatoms. The number of hydrogen-bond donors (Lipinski definition) is 2. The lowest BCUT2D eigenvalue weighted by Crippen LogP contribution is -2.25. The molecule has 0 bridgehead atoms. The second kappa shape index (κ2) is 8.84. The minimum absolute atomic E-state index is 0.252. The first kappa shape index (κ1) is 17.7. The van der Waals surface area contributed by atoms with E-state index in [1.807, 2.05) is 13.0 Å². The van der Waals surface area contributed by atoms with E-state index in [9.17, 15) is 9.59 Å². The smallest absolute Gasteiger partial charge is 0.253 e. The van der Waals surface area contributed by atoms with Crippen LogP contribution in [-0.2, 0) is 4.79 Å². The predicted octanol–water partition coefficient (Wildman–Crippen LogP) is 3.53. The van der Waals surface area contributed by atoms with E-state index >= 15 is 0 Å². The Labute approximate surface area is 145 Å². The van der Waals surface area contributed by atoms with Gasteiger partial charge in [-0.15, -0.1) is 0 Å². The van der Waals surface area contributed by atoms with Crippen LogP contribution in [-0.4, -0.2) is 23.3 Å². The molecule has 2 aromatic rings. The molecule has 0 saturated heterocycles. The van der Waals surface area contributed by atoms with E-state index in [4.69, 9.17) is 11.6 Å². The van der Waals surface area contributed by atoms with Gasteiger partial charge < -0.3 is 10.6 Å². The van der Waals surface area contributed by atoms with Crippen LogP contribution in [0.2, 0.25) is 5.02 Å². The molecule has 0 spiro atoms. The highest BCUT2D eigenvalue weighted by molar-refractivity contribution is 6.31. The van der Waals surface area contributed by atoms with Gasteiger partial charge >= 0.3 is 0 Å². The van der Waals surface area contributed by atoms with Gasteiger partial charge in [0.1, 0.15) is 0 Å². The molecule has 24 heavy (non-hydrogen) atoms. The van der Waals surface area contributed by atoms with Gasteiger partial charge in [0.25, 0.3) is 5.91 Å². The third kappa shape index (κ3) is 5.21. The van der Waals surface area contributed by atoms with Crippen LogP contribution in [0.3, 0.4) is 0 Å². The van der Waals surface area contributed by atoms with Crippen LogP contribution in [0, 0.1) is 0 Å². The molecule has 0 aliphatic heterocycles. The maximum Gasteiger partial charge on any atom is 0.253 e. The van der Waals surface area contributed by atoms with Crippen LogP contribution in [0.4, 0.5) is 5.69 Å². The zero-order chi connectivity index (χ0) is 17.4. The van der Waals surface area contributed by atoms with Gasteiger partial charge in [0.15, 0.2) is 0 Å². The van der Waals surface area contributed by atoms with Gasteiger partial charge in [0, 0.05) is 23.8 Å². The minimum Gasteiger partial charge on any atom is -0.352 e. The van der Waals surface area contributed by atoms with E-state index in [0.29, 0.717) is 28.5 Å². The number of nitrogens with zero attached hydrogens (tertiary/aromatic N) is 1. The maximum atomic E-state index is 12.2. The fourth-order valence-corrected chi connectivity index (χ4v) is 2.13. The Morgan fingerprint density at radius 2 is 2.08 bits per heavy atom. The molecule has 5 nitrogen and oxygen atoms in total. The molecular formula is C18H18ClN3O2. The van der Waals surface area contributed by atoms with Crippen molar-refractivity contribution in [1.29, 1.82) is 0 Å². The number of pyridine rings is 1. The Kier molecular flexibility index (Phi) is 6.51. The number of carbonyl (C=O) groups is 2. The number of anilines is 1. The Hall–Kier alpha value is -2.66. The van der Waals surface area contributed by atoms with Crippen molar-refractivity contribution in [3.05, 3.63) is 65.0 Å². The molecule has 124 valence electrons. The number of nitrogens with one attached hydrogen (secondary N) is 2. The van der Waals surface area contributed by atoms with Crippen molar-refractivity contribution < 1.29 is 9.59 Å². The second-order valence-electron chi connectivity index (χ2n) is 5.02. The van der Waals surface area contributed by atoms with Crippen molar-refractivity contribution in [2.24, 2.45) is 0 Å². The first-order valence-corrected chi connectivity index (χ1v) is 7.96. The second-order valence-corrected chi connectivity index (χ2v) is 5.46. The van der Waals surface area contributed by atoms with E-state index in [2.05, 4.69) is 15.6 Å². The van der Waals surface area contributed by atoms with Gasteiger partial charge in [-0.3, -0.25) is 14.6 Å². The molecule has 0 atom stereocenters. The summed E-state index contributed by atoms with van der Waals surface area (Å²) in [5.74, 6) is -0.620. The van der Waals surface area contributed by atoms with E-state index in [0.717, 1.165) is 6.42 Å². The molecule has 0 saturated carbocycles. The first-order chi connectivity index (χ1) is 11.6. The molecule has 0 unspecified atom stereocenters. The predicted molar refractivity (Wildman–Crippen MR) is 96.0 cm³/mol. The van der Waals surface area contributed by atoms with E-state index in [-0.39, 0.29) is 11.8 Å². The number of amides is 2. The van der Waals surface area contributed by atoms with E-state index < -0.39 is 0 Å². The normalized spacial score (nSPS) is 10.6. The number of carbonyl (C=O) groups excluding carboxylic acids is 2. The Balaban J connectivity index is 2.13. The molecule has 0 aliphatic rings. The Bertz CT molecular complexity index is 745. The number of benzene rings is 1. The topological polar surface area (TPSA) is 71.1 Å². The molecule has 0 fully saturated rings. The van der Waals surface area contributed by atoms with Gasteiger partial charge in [-0.2, -0.15) is 0 Å². The van der Waals surface area contributed by atoms with Gasteiger partial charge in [0.05, 0.1) is 16.9 Å². The minimum atomic E-state index is -0.368. The summed E-state index contributed by atoms with van der Waals surface area (Å²) in [6.45, 7) is 2.53. The summed E-state index contributed by atoms with van der Waals surface area (Å²) in [6, 6.07) is 10.2. The van der Waals surface area contributed by atoms with Gasteiger partial charge in [-0.25, -0.2) is 0 Å². The lowest BCUT2D eigenvalue weighted by atomic mass is 10.1. The zero-order valence-electron chi connectivity index (χ0n) is 13.3. The van der Waals surface area contributed by atoms with Crippen molar-refractivity contribution >= 4 is 35.2 Å². The summed E-state index contributed by atoms with van der Waals surface area (Å²) in [6.07, 6.45) is 5.42. The van der Waals surface area contributed by atoms with Crippen LogP contribution in [0.15, 0.2) is 48.7 Å². The van der Waals surface area contributed by atoms with Crippen LogP contribution < -0.4 is 10.6 Å². The van der Waals surface area contributed by atoms with Crippen molar-refractivity contribution in [2.45, 2.75) is 13.3 Å². The Morgan fingerprint density at radius 3 is 2.79 bits per heavy atom. The quantitative estimate of drug-likeness (QED) is 0.788. The number of rotatable bonds is 6. The van der Waals surface area contributed by atoms with Crippen molar-refractivity contribution in [1.82, 2.24) is 10.3 Å². The third-order valence-corrected chi connectivity index (χ3v) is 3.35.